The number of anilines is 1. The van der Waals surface area contributed by atoms with Gasteiger partial charge in [0, 0.05) is 11.4 Å². The average molecular weight is 277 g/mol. The lowest BCUT2D eigenvalue weighted by atomic mass is 10.3. The van der Waals surface area contributed by atoms with Gasteiger partial charge >= 0.3 is 0 Å². The standard InChI is InChI=1S/C14H19N3OS/c15-11-4-5-13-12(10-11)16-14(18-13)19-9-3-8-17-6-1-2-7-17/h4-5,10H,1-3,6-9,15H2. The molecular weight excluding hydrogens is 258 g/mol. The van der Waals surface area contributed by atoms with E-state index in [4.69, 9.17) is 10.2 Å². The monoisotopic (exact) mass is 277 g/mol. The third-order valence-electron chi connectivity index (χ3n) is 3.43. The number of aromatic nitrogens is 1. The topological polar surface area (TPSA) is 55.3 Å². The van der Waals surface area contributed by atoms with Gasteiger partial charge in [-0.3, -0.25) is 0 Å². The fourth-order valence-electron chi connectivity index (χ4n) is 2.44. The van der Waals surface area contributed by atoms with E-state index in [2.05, 4.69) is 9.88 Å². The lowest BCUT2D eigenvalue weighted by Gasteiger charge is -2.12. The summed E-state index contributed by atoms with van der Waals surface area (Å²) in [6.45, 7) is 3.74. The summed E-state index contributed by atoms with van der Waals surface area (Å²) in [5, 5.41) is 0.752. The van der Waals surface area contributed by atoms with Crippen molar-refractivity contribution in [2.45, 2.75) is 24.5 Å². The van der Waals surface area contributed by atoms with Crippen molar-refractivity contribution in [1.82, 2.24) is 9.88 Å². The number of hydrogen-bond acceptors (Lipinski definition) is 5. The van der Waals surface area contributed by atoms with Crippen molar-refractivity contribution in [2.24, 2.45) is 0 Å². The molecule has 0 spiro atoms. The van der Waals surface area contributed by atoms with Crippen LogP contribution < -0.4 is 5.73 Å². The van der Waals surface area contributed by atoms with Gasteiger partial charge in [-0.05, 0) is 57.1 Å². The highest BCUT2D eigenvalue weighted by Crippen LogP contribution is 2.25. The van der Waals surface area contributed by atoms with Gasteiger partial charge in [-0.25, -0.2) is 4.98 Å². The maximum Gasteiger partial charge on any atom is 0.256 e. The van der Waals surface area contributed by atoms with Gasteiger partial charge < -0.3 is 15.1 Å². The Labute approximate surface area is 117 Å². The quantitative estimate of drug-likeness (QED) is 0.517. The van der Waals surface area contributed by atoms with E-state index in [1.54, 1.807) is 11.8 Å². The zero-order valence-electron chi connectivity index (χ0n) is 11.0. The van der Waals surface area contributed by atoms with Crippen molar-refractivity contribution in [2.75, 3.05) is 31.1 Å². The predicted molar refractivity (Wildman–Crippen MR) is 79.4 cm³/mol. The molecule has 1 aromatic carbocycles. The SMILES string of the molecule is Nc1ccc2oc(SCCCN3CCCC3)nc2c1. The zero-order chi connectivity index (χ0) is 13.1. The molecule has 2 aromatic rings. The highest BCUT2D eigenvalue weighted by Gasteiger charge is 2.11. The first-order valence-corrected chi connectivity index (χ1v) is 7.81. The molecule has 1 aliphatic heterocycles. The molecule has 1 saturated heterocycles. The van der Waals surface area contributed by atoms with E-state index in [1.165, 1.54) is 38.9 Å². The summed E-state index contributed by atoms with van der Waals surface area (Å²) >= 11 is 1.69. The molecule has 3 rings (SSSR count). The van der Waals surface area contributed by atoms with Crippen LogP contribution >= 0.6 is 11.8 Å². The maximum atomic E-state index is 5.73. The molecule has 4 nitrogen and oxygen atoms in total. The normalized spacial score (nSPS) is 16.4. The molecule has 0 radical (unpaired) electrons. The lowest BCUT2D eigenvalue weighted by Crippen LogP contribution is -2.20. The van der Waals surface area contributed by atoms with E-state index in [0.29, 0.717) is 0 Å². The molecule has 0 aliphatic carbocycles. The summed E-state index contributed by atoms with van der Waals surface area (Å²) in [6.07, 6.45) is 3.91. The molecule has 0 bridgehead atoms. The molecule has 0 unspecified atom stereocenters. The minimum atomic E-state index is 0.728. The number of rotatable bonds is 5. The first-order chi connectivity index (χ1) is 9.31. The number of fused-ring (bicyclic) bond motifs is 1. The Bertz CT molecular complexity index is 549. The smallest absolute Gasteiger partial charge is 0.256 e. The van der Waals surface area contributed by atoms with Crippen molar-refractivity contribution < 1.29 is 4.42 Å². The van der Waals surface area contributed by atoms with Crippen LogP contribution in [-0.4, -0.2) is 35.3 Å². The van der Waals surface area contributed by atoms with Crippen molar-refractivity contribution in [3.8, 4) is 0 Å². The summed E-state index contributed by atoms with van der Waals surface area (Å²) in [6, 6.07) is 5.58. The second-order valence-corrected chi connectivity index (χ2v) is 6.00. The van der Waals surface area contributed by atoms with E-state index in [0.717, 1.165) is 27.8 Å². The van der Waals surface area contributed by atoms with Crippen molar-refractivity contribution in [3.05, 3.63) is 18.2 Å². The fraction of sp³-hybridized carbons (Fsp3) is 0.500. The zero-order valence-corrected chi connectivity index (χ0v) is 11.8. The second-order valence-electron chi connectivity index (χ2n) is 4.96. The van der Waals surface area contributed by atoms with Gasteiger partial charge in [0.1, 0.15) is 5.52 Å². The van der Waals surface area contributed by atoms with Crippen LogP contribution in [0.3, 0.4) is 0 Å². The number of nitrogens with two attached hydrogens (primary N) is 1. The Morgan fingerprint density at radius 1 is 1.32 bits per heavy atom. The van der Waals surface area contributed by atoms with Crippen molar-refractivity contribution in [1.29, 1.82) is 0 Å². The van der Waals surface area contributed by atoms with Gasteiger partial charge in [-0.1, -0.05) is 11.8 Å². The molecule has 0 atom stereocenters. The number of benzene rings is 1. The van der Waals surface area contributed by atoms with Crippen LogP contribution in [0.25, 0.3) is 11.1 Å². The summed E-state index contributed by atoms with van der Waals surface area (Å²) < 4.78 is 5.68. The number of nitrogen functional groups attached to an aromatic ring is 1. The molecule has 2 N–H and O–H groups in total. The van der Waals surface area contributed by atoms with Gasteiger partial charge in [0.15, 0.2) is 5.58 Å². The molecule has 1 aliphatic rings. The molecular formula is C14H19N3OS. The van der Waals surface area contributed by atoms with Crippen LogP contribution in [0.4, 0.5) is 5.69 Å². The molecule has 5 heteroatoms. The molecule has 19 heavy (non-hydrogen) atoms. The Hall–Kier alpha value is -1.20. The number of likely N-dealkylation sites (tertiary alicyclic amines) is 1. The molecule has 102 valence electrons. The van der Waals surface area contributed by atoms with E-state index in [-0.39, 0.29) is 0 Å². The van der Waals surface area contributed by atoms with Crippen LogP contribution in [0.5, 0.6) is 0 Å². The molecule has 1 aromatic heterocycles. The van der Waals surface area contributed by atoms with Crippen molar-refractivity contribution in [3.63, 3.8) is 0 Å². The largest absolute Gasteiger partial charge is 0.431 e. The Morgan fingerprint density at radius 3 is 3.00 bits per heavy atom. The summed E-state index contributed by atoms with van der Waals surface area (Å²) in [4.78, 5) is 6.98. The fourth-order valence-corrected chi connectivity index (χ4v) is 3.20. The third kappa shape index (κ3) is 3.22. The number of nitrogens with zero attached hydrogens (tertiary/aromatic N) is 2. The Kier molecular flexibility index (Phi) is 3.94. The van der Waals surface area contributed by atoms with E-state index in [9.17, 15) is 0 Å². The van der Waals surface area contributed by atoms with Crippen LogP contribution in [-0.2, 0) is 0 Å². The maximum absolute atomic E-state index is 5.73. The Balaban J connectivity index is 1.50. The van der Waals surface area contributed by atoms with E-state index < -0.39 is 0 Å². The first kappa shape index (κ1) is 12.8. The van der Waals surface area contributed by atoms with E-state index >= 15 is 0 Å². The molecule has 2 heterocycles. The highest BCUT2D eigenvalue weighted by atomic mass is 32.2. The van der Waals surface area contributed by atoms with Gasteiger partial charge in [0.2, 0.25) is 0 Å². The summed E-state index contributed by atoms with van der Waals surface area (Å²) in [5.74, 6) is 1.05. The third-order valence-corrected chi connectivity index (χ3v) is 4.35. The highest BCUT2D eigenvalue weighted by molar-refractivity contribution is 7.99. The van der Waals surface area contributed by atoms with Crippen LogP contribution in [0.15, 0.2) is 27.8 Å². The molecule has 0 saturated carbocycles. The van der Waals surface area contributed by atoms with Gasteiger partial charge in [0.25, 0.3) is 5.22 Å². The molecule has 0 amide bonds. The van der Waals surface area contributed by atoms with Gasteiger partial charge in [0.05, 0.1) is 0 Å². The molecule has 1 fully saturated rings. The van der Waals surface area contributed by atoms with Gasteiger partial charge in [-0.2, -0.15) is 0 Å². The van der Waals surface area contributed by atoms with Crippen molar-refractivity contribution >= 4 is 28.5 Å². The predicted octanol–water partition coefficient (Wildman–Crippen LogP) is 2.99. The number of hydrogen-bond donors (Lipinski definition) is 1. The van der Waals surface area contributed by atoms with Crippen LogP contribution in [0.1, 0.15) is 19.3 Å². The van der Waals surface area contributed by atoms with Crippen LogP contribution in [0.2, 0.25) is 0 Å². The van der Waals surface area contributed by atoms with E-state index in [1.807, 2.05) is 18.2 Å². The minimum Gasteiger partial charge on any atom is -0.431 e. The van der Waals surface area contributed by atoms with Gasteiger partial charge in [-0.15, -0.1) is 0 Å². The summed E-state index contributed by atoms with van der Waals surface area (Å²) in [7, 11) is 0. The average Bonchev–Trinajstić information content (AvgIpc) is 3.02. The van der Waals surface area contributed by atoms with Crippen LogP contribution in [0, 0.1) is 0 Å². The minimum absolute atomic E-state index is 0.728. The number of oxazole rings is 1. The first-order valence-electron chi connectivity index (χ1n) is 6.82. The number of thioether (sulfide) groups is 1. The summed E-state index contributed by atoms with van der Waals surface area (Å²) in [5.41, 5.74) is 8.12. The second kappa shape index (κ2) is 5.84. The Morgan fingerprint density at radius 2 is 2.16 bits per heavy atom. The lowest BCUT2D eigenvalue weighted by molar-refractivity contribution is 0.340.